The predicted molar refractivity (Wildman–Crippen MR) is 118 cm³/mol. The Labute approximate surface area is 174 Å². The summed E-state index contributed by atoms with van der Waals surface area (Å²) in [5, 5.41) is 16.3. The van der Waals surface area contributed by atoms with Crippen LogP contribution in [-0.4, -0.2) is 44.9 Å². The van der Waals surface area contributed by atoms with Crippen molar-refractivity contribution in [2.45, 2.75) is 32.6 Å². The third-order valence-corrected chi connectivity index (χ3v) is 4.60. The second-order valence-electron chi connectivity index (χ2n) is 6.75. The predicted octanol–water partition coefficient (Wildman–Crippen LogP) is 3.53. The number of aliphatic imine (C=N–C) groups is 1. The van der Waals surface area contributed by atoms with Crippen LogP contribution in [-0.2, 0) is 12.8 Å². The lowest BCUT2D eigenvalue weighted by atomic mass is 10.1. The average Bonchev–Trinajstić information content (AvgIpc) is 2.75. The van der Waals surface area contributed by atoms with Gasteiger partial charge in [-0.25, -0.2) is 0 Å². The fraction of sp³-hybridized carbons (Fsp3) is 0.435. The Morgan fingerprint density at radius 3 is 2.38 bits per heavy atom. The number of hydrogen-bond acceptors (Lipinski definition) is 4. The highest BCUT2D eigenvalue weighted by Crippen LogP contribution is 2.26. The Hall–Kier alpha value is -2.89. The fourth-order valence-corrected chi connectivity index (χ4v) is 2.97. The van der Waals surface area contributed by atoms with Crippen molar-refractivity contribution in [3.63, 3.8) is 0 Å². The number of guanidine groups is 1. The van der Waals surface area contributed by atoms with Crippen molar-refractivity contribution >= 4 is 5.96 Å². The molecule has 29 heavy (non-hydrogen) atoms. The lowest BCUT2D eigenvalue weighted by molar-refractivity contribution is 0.373. The summed E-state index contributed by atoms with van der Waals surface area (Å²) < 4.78 is 10.3. The number of rotatable bonds is 11. The Morgan fingerprint density at radius 1 is 0.931 bits per heavy atom. The van der Waals surface area contributed by atoms with Gasteiger partial charge in [-0.15, -0.1) is 0 Å². The first-order chi connectivity index (χ1) is 14.2. The second-order valence-corrected chi connectivity index (χ2v) is 6.75. The monoisotopic (exact) mass is 399 g/mol. The number of ether oxygens (including phenoxy) is 2. The Bertz CT molecular complexity index is 760. The van der Waals surface area contributed by atoms with E-state index in [0.29, 0.717) is 5.75 Å². The van der Waals surface area contributed by atoms with Crippen molar-refractivity contribution in [3.05, 3.63) is 53.6 Å². The fourth-order valence-electron chi connectivity index (χ4n) is 2.97. The third kappa shape index (κ3) is 7.94. The molecule has 6 heteroatoms. The zero-order chi connectivity index (χ0) is 20.9. The lowest BCUT2D eigenvalue weighted by Crippen LogP contribution is -2.38. The summed E-state index contributed by atoms with van der Waals surface area (Å²) in [6, 6.07) is 13.7. The zero-order valence-electron chi connectivity index (χ0n) is 17.7. The molecule has 0 radical (unpaired) electrons. The topological polar surface area (TPSA) is 75.1 Å². The van der Waals surface area contributed by atoms with Crippen molar-refractivity contribution in [2.75, 3.05) is 33.9 Å². The van der Waals surface area contributed by atoms with Gasteiger partial charge in [0, 0.05) is 19.6 Å². The number of phenolic OH excluding ortho intramolecular Hbond substituents is 1. The molecule has 0 saturated heterocycles. The van der Waals surface area contributed by atoms with Crippen LogP contribution in [0, 0.1) is 0 Å². The van der Waals surface area contributed by atoms with Crippen LogP contribution in [0.1, 0.15) is 30.9 Å². The highest BCUT2D eigenvalue weighted by molar-refractivity contribution is 5.79. The molecule has 158 valence electrons. The van der Waals surface area contributed by atoms with Gasteiger partial charge in [0.05, 0.1) is 14.2 Å². The van der Waals surface area contributed by atoms with Gasteiger partial charge in [0.15, 0.2) is 17.5 Å². The highest BCUT2D eigenvalue weighted by Gasteiger charge is 2.03. The van der Waals surface area contributed by atoms with Crippen molar-refractivity contribution in [1.82, 2.24) is 10.6 Å². The van der Waals surface area contributed by atoms with Gasteiger partial charge in [0.1, 0.15) is 5.75 Å². The van der Waals surface area contributed by atoms with E-state index < -0.39 is 0 Å². The molecule has 0 bridgehead atoms. The summed E-state index contributed by atoms with van der Waals surface area (Å²) in [5.74, 6) is 2.39. The molecule has 0 saturated carbocycles. The number of unbranched alkanes of at least 4 members (excludes halogenated alkanes) is 1. The van der Waals surface area contributed by atoms with E-state index in [-0.39, 0.29) is 5.75 Å². The van der Waals surface area contributed by atoms with Gasteiger partial charge in [0.2, 0.25) is 0 Å². The number of nitrogens with one attached hydrogen (secondary N) is 2. The molecule has 2 aromatic rings. The maximum Gasteiger partial charge on any atom is 0.191 e. The van der Waals surface area contributed by atoms with Crippen LogP contribution in [0.3, 0.4) is 0 Å². The molecule has 0 atom stereocenters. The van der Waals surface area contributed by atoms with E-state index >= 15 is 0 Å². The molecule has 0 spiro atoms. The van der Waals surface area contributed by atoms with Gasteiger partial charge in [-0.2, -0.15) is 0 Å². The average molecular weight is 400 g/mol. The molecule has 3 N–H and O–H groups in total. The van der Waals surface area contributed by atoms with Gasteiger partial charge in [-0.05, 0) is 68.0 Å². The number of hydrogen-bond donors (Lipinski definition) is 3. The van der Waals surface area contributed by atoms with Crippen LogP contribution < -0.4 is 20.1 Å². The maximum absolute atomic E-state index is 9.68. The normalized spacial score (nSPS) is 11.2. The van der Waals surface area contributed by atoms with Gasteiger partial charge >= 0.3 is 0 Å². The first-order valence-electron chi connectivity index (χ1n) is 10.2. The SMILES string of the molecule is CCNC(=NCCCCc1ccc(OC)cc1)NCCc1ccc(O)c(OC)c1. The van der Waals surface area contributed by atoms with Crippen LogP contribution in [0.15, 0.2) is 47.5 Å². The number of nitrogens with zero attached hydrogens (tertiary/aromatic N) is 1. The van der Waals surface area contributed by atoms with E-state index in [2.05, 4.69) is 34.7 Å². The molecule has 0 heterocycles. The standard InChI is InChI=1S/C23H33N3O3/c1-4-24-23(26-16-14-19-10-13-21(27)22(17-19)29-3)25-15-6-5-7-18-8-11-20(28-2)12-9-18/h8-13,17,27H,4-7,14-16H2,1-3H3,(H2,24,25,26). The van der Waals surface area contributed by atoms with E-state index in [9.17, 15) is 5.11 Å². The van der Waals surface area contributed by atoms with Crippen LogP contribution in [0.2, 0.25) is 0 Å². The Morgan fingerprint density at radius 2 is 1.69 bits per heavy atom. The minimum absolute atomic E-state index is 0.161. The van der Waals surface area contributed by atoms with Gasteiger partial charge in [-0.1, -0.05) is 18.2 Å². The summed E-state index contributed by atoms with van der Waals surface area (Å²) in [5.41, 5.74) is 2.42. The lowest BCUT2D eigenvalue weighted by Gasteiger charge is -2.12. The number of aryl methyl sites for hydroxylation is 1. The highest BCUT2D eigenvalue weighted by atomic mass is 16.5. The first-order valence-corrected chi connectivity index (χ1v) is 10.2. The van der Waals surface area contributed by atoms with Crippen LogP contribution in [0.4, 0.5) is 0 Å². The molecule has 0 aliphatic heterocycles. The van der Waals surface area contributed by atoms with Gasteiger partial charge < -0.3 is 25.2 Å². The molecule has 0 aliphatic rings. The first kappa shape index (κ1) is 22.4. The van der Waals surface area contributed by atoms with Crippen LogP contribution in [0.5, 0.6) is 17.2 Å². The van der Waals surface area contributed by atoms with E-state index in [1.165, 1.54) is 5.56 Å². The molecular formula is C23H33N3O3. The Kier molecular flexibility index (Phi) is 9.69. The molecule has 2 rings (SSSR count). The molecule has 2 aromatic carbocycles. The quantitative estimate of drug-likeness (QED) is 0.306. The zero-order valence-corrected chi connectivity index (χ0v) is 17.7. The Balaban J connectivity index is 1.72. The van der Waals surface area contributed by atoms with Gasteiger partial charge in [-0.3, -0.25) is 4.99 Å². The molecule has 0 aliphatic carbocycles. The molecule has 0 amide bonds. The van der Waals surface area contributed by atoms with Crippen LogP contribution in [0.25, 0.3) is 0 Å². The number of methoxy groups -OCH3 is 2. The number of phenols is 1. The molecule has 6 nitrogen and oxygen atoms in total. The minimum Gasteiger partial charge on any atom is -0.504 e. The molecule has 0 aromatic heterocycles. The molecule has 0 fully saturated rings. The van der Waals surface area contributed by atoms with E-state index in [0.717, 1.165) is 62.6 Å². The van der Waals surface area contributed by atoms with Crippen molar-refractivity contribution in [2.24, 2.45) is 4.99 Å². The molecule has 0 unspecified atom stereocenters. The largest absolute Gasteiger partial charge is 0.504 e. The van der Waals surface area contributed by atoms with E-state index in [4.69, 9.17) is 9.47 Å². The van der Waals surface area contributed by atoms with Crippen molar-refractivity contribution in [3.8, 4) is 17.2 Å². The van der Waals surface area contributed by atoms with E-state index in [1.54, 1.807) is 20.3 Å². The van der Waals surface area contributed by atoms with Gasteiger partial charge in [0.25, 0.3) is 0 Å². The summed E-state index contributed by atoms with van der Waals surface area (Å²) in [6.45, 7) is 4.43. The summed E-state index contributed by atoms with van der Waals surface area (Å²) >= 11 is 0. The minimum atomic E-state index is 0.161. The van der Waals surface area contributed by atoms with Crippen molar-refractivity contribution < 1.29 is 14.6 Å². The third-order valence-electron chi connectivity index (χ3n) is 4.60. The smallest absolute Gasteiger partial charge is 0.191 e. The van der Waals surface area contributed by atoms with E-state index in [1.807, 2.05) is 24.3 Å². The summed E-state index contributed by atoms with van der Waals surface area (Å²) in [6.07, 6.45) is 4.00. The summed E-state index contributed by atoms with van der Waals surface area (Å²) in [4.78, 5) is 4.66. The van der Waals surface area contributed by atoms with Crippen LogP contribution >= 0.6 is 0 Å². The number of aromatic hydroxyl groups is 1. The second kappa shape index (κ2) is 12.5. The van der Waals surface area contributed by atoms with Crippen molar-refractivity contribution in [1.29, 1.82) is 0 Å². The number of benzene rings is 2. The maximum atomic E-state index is 9.68. The summed E-state index contributed by atoms with van der Waals surface area (Å²) in [7, 11) is 3.24. The molecular weight excluding hydrogens is 366 g/mol.